The lowest BCUT2D eigenvalue weighted by Gasteiger charge is -2.42. The van der Waals surface area contributed by atoms with Crippen LogP contribution in [0.2, 0.25) is 0 Å². The Balaban J connectivity index is 1.29. The van der Waals surface area contributed by atoms with E-state index in [4.69, 9.17) is 9.40 Å². The van der Waals surface area contributed by atoms with E-state index in [1.165, 1.54) is 55.6 Å². The Morgan fingerprint density at radius 1 is 0.406 bits per heavy atom. The molecule has 326 valence electrons. The average Bonchev–Trinajstić information content (AvgIpc) is 3.67. The van der Waals surface area contributed by atoms with E-state index in [9.17, 15) is 0 Å². The van der Waals surface area contributed by atoms with Crippen LogP contribution in [0.15, 0.2) is 132 Å². The van der Waals surface area contributed by atoms with Crippen LogP contribution in [0.25, 0.3) is 22.6 Å². The van der Waals surface area contributed by atoms with Crippen molar-refractivity contribution in [1.82, 2.24) is 4.98 Å². The Bertz CT molecular complexity index is 2850. The molecule has 0 unspecified atom stereocenters. The molecule has 0 radical (unpaired) electrons. The fraction of sp³-hybridized carbons (Fsp3) is 0.339. The molecule has 0 atom stereocenters. The van der Waals surface area contributed by atoms with E-state index >= 15 is 0 Å². The summed E-state index contributed by atoms with van der Waals surface area (Å²) in [5.41, 5.74) is 18.8. The molecule has 0 amide bonds. The summed E-state index contributed by atoms with van der Waals surface area (Å²) < 4.78 is 7.23. The largest absolute Gasteiger partial charge is 0.420 e. The zero-order chi connectivity index (χ0) is 45.9. The molecule has 0 fully saturated rings. The maximum Gasteiger partial charge on any atom is 0.279 e. The number of hydrogen-bond donors (Lipinski definition) is 0. The van der Waals surface area contributed by atoms with Crippen molar-refractivity contribution >= 4 is 57.6 Å². The second-order valence-electron chi connectivity index (χ2n) is 23.5. The molecular weight excluding hydrogens is 777 g/mol. The number of benzene rings is 6. The quantitative estimate of drug-likeness (QED) is 0.165. The van der Waals surface area contributed by atoms with Crippen LogP contribution in [0.3, 0.4) is 0 Å². The lowest BCUT2D eigenvalue weighted by Crippen LogP contribution is -2.61. The van der Waals surface area contributed by atoms with Crippen LogP contribution in [0.1, 0.15) is 132 Å². The standard InChI is InChI=1S/C59H66BN3O/c1-55(2,3)40-25-23-38(24-26-40)37-19-21-39(22-20-37)53-61-52-54(64-53)63(46-34-43(58(10,11)12)33-44(35-46)59(13,14)15)50-18-16-17-49-51(50)60(52)47-36-42(57(7,8)9)29-32-48(47)62(49)45-30-27-41(28-31-45)56(4,5)6/h16-36H,1-15H3. The van der Waals surface area contributed by atoms with Gasteiger partial charge in [0.1, 0.15) is 0 Å². The first-order valence-electron chi connectivity index (χ1n) is 23.2. The number of aromatic nitrogens is 1. The Morgan fingerprint density at radius 2 is 0.859 bits per heavy atom. The molecule has 5 heteroatoms. The third-order valence-electron chi connectivity index (χ3n) is 13.5. The minimum Gasteiger partial charge on any atom is -0.420 e. The normalized spacial score (nSPS) is 14.1. The van der Waals surface area contributed by atoms with Crippen LogP contribution >= 0.6 is 0 Å². The average molecular weight is 844 g/mol. The summed E-state index contributed by atoms with van der Waals surface area (Å²) in [5, 5.41) is 0. The van der Waals surface area contributed by atoms with E-state index in [0.717, 1.165) is 39.8 Å². The second-order valence-corrected chi connectivity index (χ2v) is 23.5. The van der Waals surface area contributed by atoms with Gasteiger partial charge in [-0.2, -0.15) is 0 Å². The Kier molecular flexibility index (Phi) is 10.1. The molecule has 0 N–H and O–H groups in total. The van der Waals surface area contributed by atoms with Crippen molar-refractivity contribution in [3.05, 3.63) is 155 Å². The number of rotatable bonds is 4. The van der Waals surface area contributed by atoms with E-state index in [1.54, 1.807) is 0 Å². The maximum atomic E-state index is 7.23. The predicted octanol–water partition coefficient (Wildman–Crippen LogP) is 14.6. The lowest BCUT2D eigenvalue weighted by molar-refractivity contribution is 0.566. The van der Waals surface area contributed by atoms with Crippen molar-refractivity contribution in [1.29, 1.82) is 0 Å². The van der Waals surface area contributed by atoms with Crippen LogP contribution in [0, 0.1) is 0 Å². The van der Waals surface area contributed by atoms with E-state index < -0.39 is 0 Å². The topological polar surface area (TPSA) is 32.5 Å². The summed E-state index contributed by atoms with van der Waals surface area (Å²) in [4.78, 5) is 10.5. The van der Waals surface area contributed by atoms with Gasteiger partial charge in [-0.25, -0.2) is 4.98 Å². The molecule has 1 aromatic heterocycles. The van der Waals surface area contributed by atoms with Gasteiger partial charge in [0.25, 0.3) is 6.71 Å². The van der Waals surface area contributed by atoms with Gasteiger partial charge < -0.3 is 9.32 Å². The molecule has 64 heavy (non-hydrogen) atoms. The van der Waals surface area contributed by atoms with Crippen molar-refractivity contribution in [3.63, 3.8) is 0 Å². The van der Waals surface area contributed by atoms with Crippen LogP contribution in [-0.4, -0.2) is 11.7 Å². The first kappa shape index (κ1) is 43.4. The molecule has 7 aromatic rings. The first-order valence-corrected chi connectivity index (χ1v) is 23.2. The maximum absolute atomic E-state index is 7.23. The van der Waals surface area contributed by atoms with Crippen molar-refractivity contribution in [2.24, 2.45) is 0 Å². The van der Waals surface area contributed by atoms with Gasteiger partial charge in [-0.05, 0) is 132 Å². The van der Waals surface area contributed by atoms with Gasteiger partial charge >= 0.3 is 0 Å². The highest BCUT2D eigenvalue weighted by Gasteiger charge is 2.47. The lowest BCUT2D eigenvalue weighted by atomic mass is 9.35. The molecule has 0 spiro atoms. The Morgan fingerprint density at radius 3 is 1.38 bits per heavy atom. The van der Waals surface area contributed by atoms with Crippen molar-refractivity contribution in [2.75, 3.05) is 9.80 Å². The van der Waals surface area contributed by atoms with Gasteiger partial charge in [0.2, 0.25) is 11.8 Å². The van der Waals surface area contributed by atoms with Gasteiger partial charge in [-0.15, -0.1) is 0 Å². The molecule has 2 aliphatic rings. The highest BCUT2D eigenvalue weighted by Crippen LogP contribution is 2.47. The van der Waals surface area contributed by atoms with Gasteiger partial charge in [-0.1, -0.05) is 177 Å². The zero-order valence-corrected chi connectivity index (χ0v) is 41.0. The van der Waals surface area contributed by atoms with Crippen LogP contribution in [0.4, 0.5) is 34.3 Å². The fourth-order valence-corrected chi connectivity index (χ4v) is 9.38. The smallest absolute Gasteiger partial charge is 0.279 e. The van der Waals surface area contributed by atoms with Crippen LogP contribution in [0.5, 0.6) is 0 Å². The molecular formula is C59H66BN3O. The zero-order valence-electron chi connectivity index (χ0n) is 41.0. The van der Waals surface area contributed by atoms with Gasteiger partial charge in [0.15, 0.2) is 0 Å². The van der Waals surface area contributed by atoms with E-state index in [2.05, 4.69) is 241 Å². The molecule has 0 saturated heterocycles. The predicted molar refractivity (Wildman–Crippen MR) is 275 cm³/mol. The van der Waals surface area contributed by atoms with Crippen molar-refractivity contribution in [2.45, 2.75) is 131 Å². The van der Waals surface area contributed by atoms with E-state index in [1.807, 2.05) is 0 Å². The van der Waals surface area contributed by atoms with Gasteiger partial charge in [0.05, 0.1) is 5.59 Å². The van der Waals surface area contributed by atoms with Crippen LogP contribution in [-0.2, 0) is 27.1 Å². The van der Waals surface area contributed by atoms with Crippen molar-refractivity contribution in [3.8, 4) is 22.6 Å². The highest BCUT2D eigenvalue weighted by molar-refractivity contribution is 6.99. The van der Waals surface area contributed by atoms with Crippen LogP contribution < -0.4 is 26.3 Å². The molecule has 0 aliphatic carbocycles. The fourth-order valence-electron chi connectivity index (χ4n) is 9.38. The van der Waals surface area contributed by atoms with E-state index in [0.29, 0.717) is 5.89 Å². The molecule has 6 aromatic carbocycles. The second kappa shape index (κ2) is 14.9. The van der Waals surface area contributed by atoms with Crippen molar-refractivity contribution < 1.29 is 4.42 Å². The summed E-state index contributed by atoms with van der Waals surface area (Å²) in [5.74, 6) is 1.39. The Hall–Kier alpha value is -5.81. The molecule has 3 heterocycles. The van der Waals surface area contributed by atoms with E-state index in [-0.39, 0.29) is 33.8 Å². The minimum absolute atomic E-state index is 0.0457. The molecule has 0 bridgehead atoms. The minimum atomic E-state index is -0.161. The third-order valence-corrected chi connectivity index (χ3v) is 13.5. The number of fused-ring (bicyclic) bond motifs is 4. The summed E-state index contributed by atoms with van der Waals surface area (Å²) in [7, 11) is 0. The number of nitrogens with zero attached hydrogens (tertiary/aromatic N) is 3. The summed E-state index contributed by atoms with van der Waals surface area (Å²) >= 11 is 0. The monoisotopic (exact) mass is 844 g/mol. The number of anilines is 6. The number of hydrogen-bond acceptors (Lipinski definition) is 4. The molecule has 2 aliphatic heterocycles. The SMILES string of the molecule is CC(C)(C)c1ccc(-c2ccc(-c3nc4c(o3)N(c3cc(C(C)(C)C)cc(C(C)(C)C)c3)c3cccc5c3B4c3cc(C(C)(C)C)ccc3N5c3ccc(C(C)(C)C)cc3)cc2)cc1. The third kappa shape index (κ3) is 7.69. The molecule has 0 saturated carbocycles. The van der Waals surface area contributed by atoms with Gasteiger partial charge in [0, 0.05) is 34.0 Å². The number of oxazole rings is 1. The summed E-state index contributed by atoms with van der Waals surface area (Å²) in [6.45, 7) is 34.2. The molecule has 9 rings (SSSR count). The first-order chi connectivity index (χ1) is 29.9. The summed E-state index contributed by atoms with van der Waals surface area (Å²) in [6, 6.07) is 48.0. The summed E-state index contributed by atoms with van der Waals surface area (Å²) in [6.07, 6.45) is 0. The highest BCUT2D eigenvalue weighted by atomic mass is 16.4. The Labute approximate surface area is 383 Å². The van der Waals surface area contributed by atoms with Gasteiger partial charge in [-0.3, -0.25) is 4.90 Å². The molecule has 4 nitrogen and oxygen atoms in total.